The Kier molecular flexibility index (Phi) is 33.5. The number of aliphatic hydroxyl groups is 4. The molecule has 0 aromatic heterocycles. The topological polar surface area (TPSA) is 172 Å². The van der Waals surface area contributed by atoms with Crippen LogP contribution in [0.1, 0.15) is 126 Å². The van der Waals surface area contributed by atoms with Gasteiger partial charge in [-0.3, -0.25) is 9.52 Å². The molecule has 310 valence electrons. The maximum absolute atomic E-state index is 11.8. The van der Waals surface area contributed by atoms with Crippen LogP contribution in [0.5, 0.6) is 0 Å². The Balaban J connectivity index is 0.000000938. The van der Waals surface area contributed by atoms with E-state index in [1.165, 1.54) is 93.7 Å². The van der Waals surface area contributed by atoms with Crippen LogP contribution in [0.3, 0.4) is 0 Å². The summed E-state index contributed by atoms with van der Waals surface area (Å²) in [7, 11) is 0. The maximum Gasteiger partial charge on any atom is 0.235 e. The van der Waals surface area contributed by atoms with Crippen molar-refractivity contribution in [2.45, 2.75) is 141 Å². The van der Waals surface area contributed by atoms with Gasteiger partial charge < -0.3 is 31.5 Å². The molecule has 0 saturated heterocycles. The molecular formula is C41H73N5O5S3. The van der Waals surface area contributed by atoms with Gasteiger partial charge in [0, 0.05) is 12.4 Å². The molecule has 13 heteroatoms. The molecule has 0 heterocycles. The Morgan fingerprint density at radius 3 is 1.35 bits per heavy atom. The van der Waals surface area contributed by atoms with Crippen LogP contribution in [-0.4, -0.2) is 77.1 Å². The van der Waals surface area contributed by atoms with E-state index in [0.29, 0.717) is 25.9 Å². The summed E-state index contributed by atoms with van der Waals surface area (Å²) in [5.41, 5.74) is 9.09. The van der Waals surface area contributed by atoms with Crippen molar-refractivity contribution in [1.82, 2.24) is 14.8 Å². The van der Waals surface area contributed by atoms with E-state index in [1.54, 1.807) is 0 Å². The molecule has 0 spiro atoms. The molecule has 0 aliphatic carbocycles. The van der Waals surface area contributed by atoms with Crippen molar-refractivity contribution in [2.75, 3.05) is 39.6 Å². The van der Waals surface area contributed by atoms with Crippen LogP contribution in [-0.2, 0) is 42.9 Å². The molecule has 9 N–H and O–H groups in total. The average Bonchev–Trinajstić information content (AvgIpc) is 3.20. The summed E-state index contributed by atoms with van der Waals surface area (Å²) in [6.45, 7) is 3.98. The lowest BCUT2D eigenvalue weighted by Crippen LogP contribution is -2.56. The van der Waals surface area contributed by atoms with E-state index >= 15 is 0 Å². The third kappa shape index (κ3) is 26.2. The van der Waals surface area contributed by atoms with Gasteiger partial charge in [-0.05, 0) is 73.6 Å². The van der Waals surface area contributed by atoms with E-state index < -0.39 is 11.1 Å². The minimum absolute atomic E-state index is 0.0258. The minimum atomic E-state index is -1.02. The standard InChI is InChI=1S/C21H36N2O3S.C19H33NO2.CH4N2S2/c1-2-3-4-5-6-7-8-18-9-11-19(12-10-18)13-14-21(16-24,17-25)23-20(26)15-22-27;1-2-3-4-5-6-7-8-17-9-11-18(12-10-17)13-14-19(20,15-21)16-22;4-2-1-3-5/h9-12,22,24-25,27H,2-8,13-17H2,1H3,(H,23,26);9-12,21-22H,2-8,13-16,20H2,1H3;2,4H,1H2. The molecule has 0 bridgehead atoms. The summed E-state index contributed by atoms with van der Waals surface area (Å²) in [5, 5.41) is 40.5. The van der Waals surface area contributed by atoms with Gasteiger partial charge in [-0.25, -0.2) is 9.08 Å². The number of unbranched alkanes of at least 4 members (excludes halogenated alkanes) is 10. The Labute approximate surface area is 343 Å². The predicted molar refractivity (Wildman–Crippen MR) is 234 cm³/mol. The first-order valence-corrected chi connectivity index (χ1v) is 21.1. The van der Waals surface area contributed by atoms with E-state index in [0.717, 1.165) is 24.8 Å². The predicted octanol–water partition coefficient (Wildman–Crippen LogP) is 6.11. The molecule has 10 nitrogen and oxygen atoms in total. The molecule has 0 radical (unpaired) electrons. The van der Waals surface area contributed by atoms with Crippen molar-refractivity contribution >= 4 is 44.0 Å². The summed E-state index contributed by atoms with van der Waals surface area (Å²) < 4.78 is 8.16. The van der Waals surface area contributed by atoms with Gasteiger partial charge in [-0.1, -0.05) is 152 Å². The number of aryl methyl sites for hydroxylation is 4. The van der Waals surface area contributed by atoms with Crippen LogP contribution in [0, 0.1) is 0 Å². The fourth-order valence-electron chi connectivity index (χ4n) is 5.74. The molecular weight excluding hydrogens is 739 g/mol. The van der Waals surface area contributed by atoms with Crippen molar-refractivity contribution in [3.63, 3.8) is 0 Å². The summed E-state index contributed by atoms with van der Waals surface area (Å²) in [6, 6.07) is 17.2. The highest BCUT2D eigenvalue weighted by molar-refractivity contribution is 7.78. The molecule has 2 aromatic rings. The molecule has 2 aromatic carbocycles. The minimum Gasteiger partial charge on any atom is -0.394 e. The molecule has 0 aliphatic rings. The number of rotatable bonds is 29. The highest BCUT2D eigenvalue weighted by Crippen LogP contribution is 2.17. The summed E-state index contributed by atoms with van der Waals surface area (Å²) in [4.78, 5) is 11.8. The van der Waals surface area contributed by atoms with Crippen LogP contribution >= 0.6 is 25.6 Å². The fourth-order valence-corrected chi connectivity index (χ4v) is 6.11. The van der Waals surface area contributed by atoms with Crippen LogP contribution < -0.4 is 20.5 Å². The van der Waals surface area contributed by atoms with E-state index in [4.69, 9.17) is 5.73 Å². The highest BCUT2D eigenvalue weighted by atomic mass is 32.1. The zero-order valence-electron chi connectivity index (χ0n) is 33.1. The first-order chi connectivity index (χ1) is 26.1. The van der Waals surface area contributed by atoms with Gasteiger partial charge in [-0.15, -0.1) is 0 Å². The number of thiol groups is 2. The first-order valence-electron chi connectivity index (χ1n) is 19.9. The molecule has 54 heavy (non-hydrogen) atoms. The number of nitrogens with one attached hydrogen (secondary N) is 3. The van der Waals surface area contributed by atoms with Gasteiger partial charge in [0.2, 0.25) is 5.91 Å². The van der Waals surface area contributed by atoms with Crippen molar-refractivity contribution < 1.29 is 25.2 Å². The third-order valence-electron chi connectivity index (χ3n) is 9.50. The number of hydrogen-bond donors (Lipinski definition) is 10. The number of nitrogens with two attached hydrogens (primary N) is 1. The van der Waals surface area contributed by atoms with Gasteiger partial charge >= 0.3 is 0 Å². The second-order valence-electron chi connectivity index (χ2n) is 14.3. The third-order valence-corrected chi connectivity index (χ3v) is 9.93. The Morgan fingerprint density at radius 1 is 0.630 bits per heavy atom. The van der Waals surface area contributed by atoms with E-state index in [-0.39, 0.29) is 38.9 Å². The van der Waals surface area contributed by atoms with Crippen LogP contribution in [0.15, 0.2) is 52.9 Å². The number of benzene rings is 2. The number of aliphatic hydroxyl groups excluding tert-OH is 4. The molecule has 0 atom stereocenters. The molecule has 0 aliphatic heterocycles. The second kappa shape index (κ2) is 34.6. The van der Waals surface area contributed by atoms with Crippen molar-refractivity contribution in [3.8, 4) is 0 Å². The van der Waals surface area contributed by atoms with Crippen molar-refractivity contribution in [2.24, 2.45) is 10.1 Å². The lowest BCUT2D eigenvalue weighted by atomic mass is 9.92. The summed E-state index contributed by atoms with van der Waals surface area (Å²) in [5.74, 6) is -0.303. The largest absolute Gasteiger partial charge is 0.394 e. The highest BCUT2D eigenvalue weighted by Gasteiger charge is 2.30. The van der Waals surface area contributed by atoms with Gasteiger partial charge in [0.1, 0.15) is 6.67 Å². The smallest absolute Gasteiger partial charge is 0.235 e. The second-order valence-corrected chi connectivity index (χ2v) is 15.2. The Morgan fingerprint density at radius 2 is 1.02 bits per heavy atom. The van der Waals surface area contributed by atoms with E-state index in [9.17, 15) is 25.2 Å². The van der Waals surface area contributed by atoms with E-state index in [2.05, 4.69) is 120 Å². The van der Waals surface area contributed by atoms with Crippen LogP contribution in [0.25, 0.3) is 0 Å². The number of hydrogen-bond acceptors (Lipinski definition) is 12. The summed E-state index contributed by atoms with van der Waals surface area (Å²) in [6.07, 6.45) is 20.6. The maximum atomic E-state index is 11.8. The SMILES string of the molecule is CCCCCCCCc1ccc(CCC(CO)(CO)NC(=O)CNS)cc1.CCCCCCCCc1ccc(CCC(N)(CO)CO)cc1.S=NCNS. The van der Waals surface area contributed by atoms with Gasteiger partial charge in [0.25, 0.3) is 0 Å². The normalized spacial score (nSPS) is 11.3. The number of carbonyl (C=O) groups is 1. The monoisotopic (exact) mass is 811 g/mol. The zero-order chi connectivity index (χ0) is 40.3. The van der Waals surface area contributed by atoms with Gasteiger partial charge in [0.05, 0.1) is 44.1 Å². The molecule has 0 fully saturated rings. The number of carbonyl (C=O) groups excluding carboxylic acids is 1. The van der Waals surface area contributed by atoms with Gasteiger partial charge in [-0.2, -0.15) is 0 Å². The summed E-state index contributed by atoms with van der Waals surface area (Å²) >= 11 is 11.6. The lowest BCUT2D eigenvalue weighted by molar-refractivity contribution is -0.123. The first kappa shape index (κ1) is 52.3. The molecule has 0 saturated carbocycles. The quantitative estimate of drug-likeness (QED) is 0.0344. The zero-order valence-corrected chi connectivity index (χ0v) is 35.7. The fraction of sp³-hybridized carbons (Fsp3) is 0.683. The Bertz CT molecular complexity index is 1170. The molecule has 2 rings (SSSR count). The lowest BCUT2D eigenvalue weighted by Gasteiger charge is -2.31. The molecule has 1 amide bonds. The van der Waals surface area contributed by atoms with E-state index in [1.807, 2.05) is 0 Å². The van der Waals surface area contributed by atoms with Crippen molar-refractivity contribution in [3.05, 3.63) is 70.8 Å². The molecule has 0 unspecified atom stereocenters. The number of amides is 1. The van der Waals surface area contributed by atoms with Crippen LogP contribution in [0.2, 0.25) is 0 Å². The average molecular weight is 812 g/mol. The van der Waals surface area contributed by atoms with Crippen molar-refractivity contribution in [1.29, 1.82) is 0 Å². The van der Waals surface area contributed by atoms with Crippen LogP contribution in [0.4, 0.5) is 0 Å². The Hall–Kier alpha value is -1.65. The van der Waals surface area contributed by atoms with Gasteiger partial charge in [0.15, 0.2) is 0 Å². The number of nitrogens with zero attached hydrogens (tertiary/aromatic N) is 1.